The number of nitrogen functional groups attached to an aromatic ring is 1. The summed E-state index contributed by atoms with van der Waals surface area (Å²) in [5.74, 6) is 0.0675. The molecule has 0 saturated carbocycles. The van der Waals surface area contributed by atoms with Crippen LogP contribution in [0.4, 0.5) is 11.4 Å². The zero-order chi connectivity index (χ0) is 9.26. The molecule has 1 heterocycles. The third kappa shape index (κ3) is 1.36. The van der Waals surface area contributed by atoms with Gasteiger partial charge in [0.05, 0.1) is 11.4 Å². The molecule has 1 aromatic rings. The lowest BCUT2D eigenvalue weighted by atomic mass is 10.2. The molecule has 1 aliphatic heterocycles. The van der Waals surface area contributed by atoms with Crippen molar-refractivity contribution in [2.24, 2.45) is 0 Å². The molecule has 1 fully saturated rings. The second kappa shape index (κ2) is 3.06. The van der Waals surface area contributed by atoms with Crippen molar-refractivity contribution in [2.45, 2.75) is 6.42 Å². The van der Waals surface area contributed by atoms with Gasteiger partial charge in [0.15, 0.2) is 0 Å². The summed E-state index contributed by atoms with van der Waals surface area (Å²) >= 11 is 0. The lowest BCUT2D eigenvalue weighted by Crippen LogP contribution is -2.34. The maximum atomic E-state index is 11.3. The van der Waals surface area contributed by atoms with E-state index in [2.05, 4.69) is 5.43 Å². The van der Waals surface area contributed by atoms with E-state index in [4.69, 9.17) is 5.73 Å². The topological polar surface area (TPSA) is 58.4 Å². The van der Waals surface area contributed by atoms with Crippen LogP contribution >= 0.6 is 0 Å². The minimum Gasteiger partial charge on any atom is -0.397 e. The van der Waals surface area contributed by atoms with Gasteiger partial charge in [-0.25, -0.2) is 10.4 Å². The van der Waals surface area contributed by atoms with Crippen molar-refractivity contribution in [1.29, 1.82) is 0 Å². The fourth-order valence-corrected chi connectivity index (χ4v) is 1.39. The minimum absolute atomic E-state index is 0.0675. The van der Waals surface area contributed by atoms with Crippen molar-refractivity contribution >= 4 is 17.3 Å². The molecule has 2 rings (SSSR count). The van der Waals surface area contributed by atoms with Gasteiger partial charge >= 0.3 is 0 Å². The van der Waals surface area contributed by atoms with Gasteiger partial charge < -0.3 is 5.73 Å². The monoisotopic (exact) mass is 177 g/mol. The molecule has 0 radical (unpaired) electrons. The molecule has 68 valence electrons. The fourth-order valence-electron chi connectivity index (χ4n) is 1.39. The van der Waals surface area contributed by atoms with Crippen LogP contribution in [0.2, 0.25) is 0 Å². The summed E-state index contributed by atoms with van der Waals surface area (Å²) in [5, 5.41) is 1.51. The van der Waals surface area contributed by atoms with Crippen molar-refractivity contribution in [3.63, 3.8) is 0 Å². The largest absolute Gasteiger partial charge is 0.397 e. The number of carbonyl (C=O) groups excluding carboxylic acids is 1. The van der Waals surface area contributed by atoms with Crippen molar-refractivity contribution in [1.82, 2.24) is 5.43 Å². The van der Waals surface area contributed by atoms with Crippen LogP contribution in [0, 0.1) is 0 Å². The van der Waals surface area contributed by atoms with E-state index in [1.165, 1.54) is 5.01 Å². The van der Waals surface area contributed by atoms with E-state index in [0.29, 0.717) is 18.7 Å². The number of carbonyl (C=O) groups is 1. The Labute approximate surface area is 76.3 Å². The van der Waals surface area contributed by atoms with Crippen LogP contribution in [-0.4, -0.2) is 12.5 Å². The van der Waals surface area contributed by atoms with Gasteiger partial charge in [0.25, 0.3) is 0 Å². The van der Waals surface area contributed by atoms with Crippen LogP contribution in [0.1, 0.15) is 6.42 Å². The number of rotatable bonds is 1. The number of nitrogens with zero attached hydrogens (tertiary/aromatic N) is 1. The molecule has 1 amide bonds. The van der Waals surface area contributed by atoms with Gasteiger partial charge in [0.1, 0.15) is 0 Å². The number of nitrogens with one attached hydrogen (secondary N) is 1. The van der Waals surface area contributed by atoms with Crippen molar-refractivity contribution in [3.05, 3.63) is 24.3 Å². The van der Waals surface area contributed by atoms with E-state index in [1.807, 2.05) is 18.2 Å². The van der Waals surface area contributed by atoms with Crippen LogP contribution in [0.5, 0.6) is 0 Å². The highest BCUT2D eigenvalue weighted by Gasteiger charge is 2.22. The Morgan fingerprint density at radius 1 is 1.38 bits per heavy atom. The smallest absolute Gasteiger partial charge is 0.242 e. The molecule has 0 aromatic heterocycles. The average Bonchev–Trinajstić information content (AvgIpc) is 2.52. The molecule has 4 nitrogen and oxygen atoms in total. The molecule has 4 heteroatoms. The predicted molar refractivity (Wildman–Crippen MR) is 51.0 cm³/mol. The summed E-state index contributed by atoms with van der Waals surface area (Å²) in [7, 11) is 0. The van der Waals surface area contributed by atoms with Gasteiger partial charge in [-0.3, -0.25) is 4.79 Å². The summed E-state index contributed by atoms with van der Waals surface area (Å²) in [5.41, 5.74) is 10.1. The minimum atomic E-state index is 0.0675. The molecule has 1 aliphatic rings. The predicted octanol–water partition coefficient (Wildman–Crippen LogP) is 0.510. The quantitative estimate of drug-likeness (QED) is 0.614. The maximum Gasteiger partial charge on any atom is 0.242 e. The Morgan fingerprint density at radius 2 is 2.15 bits per heavy atom. The molecule has 0 spiro atoms. The summed E-state index contributed by atoms with van der Waals surface area (Å²) in [6.07, 6.45) is 0.536. The van der Waals surface area contributed by atoms with Crippen LogP contribution in [-0.2, 0) is 4.79 Å². The number of amides is 1. The SMILES string of the molecule is Nc1ccccc1N1NCCC1=O. The maximum absolute atomic E-state index is 11.3. The van der Waals surface area contributed by atoms with Gasteiger partial charge in [-0.15, -0.1) is 0 Å². The number of anilines is 2. The number of hydrogen-bond acceptors (Lipinski definition) is 3. The second-order valence-electron chi connectivity index (χ2n) is 2.95. The Bertz CT molecular complexity index is 337. The Hall–Kier alpha value is -1.55. The Balaban J connectivity index is 2.34. The lowest BCUT2D eigenvalue weighted by Gasteiger charge is -2.17. The van der Waals surface area contributed by atoms with Crippen LogP contribution < -0.4 is 16.2 Å². The summed E-state index contributed by atoms with van der Waals surface area (Å²) in [6, 6.07) is 7.31. The van der Waals surface area contributed by atoms with Crippen molar-refractivity contribution in [3.8, 4) is 0 Å². The molecule has 0 atom stereocenters. The third-order valence-corrected chi connectivity index (χ3v) is 2.04. The zero-order valence-corrected chi connectivity index (χ0v) is 7.16. The van der Waals surface area contributed by atoms with Gasteiger partial charge in [-0.05, 0) is 12.1 Å². The average molecular weight is 177 g/mol. The van der Waals surface area contributed by atoms with Crippen LogP contribution in [0.25, 0.3) is 0 Å². The number of benzene rings is 1. The first-order valence-corrected chi connectivity index (χ1v) is 4.20. The van der Waals surface area contributed by atoms with Gasteiger partial charge in [0, 0.05) is 13.0 Å². The van der Waals surface area contributed by atoms with E-state index in [9.17, 15) is 4.79 Å². The van der Waals surface area contributed by atoms with Gasteiger partial charge in [0.2, 0.25) is 5.91 Å². The number of hydrazine groups is 1. The molecule has 0 unspecified atom stereocenters. The highest BCUT2D eigenvalue weighted by Crippen LogP contribution is 2.22. The van der Waals surface area contributed by atoms with E-state index in [-0.39, 0.29) is 5.91 Å². The van der Waals surface area contributed by atoms with Crippen molar-refractivity contribution in [2.75, 3.05) is 17.3 Å². The molecule has 0 aliphatic carbocycles. The fraction of sp³-hybridized carbons (Fsp3) is 0.222. The summed E-state index contributed by atoms with van der Waals surface area (Å²) in [6.45, 7) is 0.688. The van der Waals surface area contributed by atoms with E-state index in [0.717, 1.165) is 5.69 Å². The van der Waals surface area contributed by atoms with Gasteiger partial charge in [-0.1, -0.05) is 12.1 Å². The van der Waals surface area contributed by atoms with E-state index in [1.54, 1.807) is 6.07 Å². The molecule has 1 saturated heterocycles. The van der Waals surface area contributed by atoms with E-state index < -0.39 is 0 Å². The molecule has 3 N–H and O–H groups in total. The first kappa shape index (κ1) is 8.07. The highest BCUT2D eigenvalue weighted by atomic mass is 16.2. The molecular formula is C9H11N3O. The number of para-hydroxylation sites is 2. The summed E-state index contributed by atoms with van der Waals surface area (Å²) < 4.78 is 0. The lowest BCUT2D eigenvalue weighted by molar-refractivity contribution is -0.117. The first-order chi connectivity index (χ1) is 6.29. The highest BCUT2D eigenvalue weighted by molar-refractivity contribution is 5.97. The third-order valence-electron chi connectivity index (χ3n) is 2.04. The number of hydrogen-bond donors (Lipinski definition) is 2. The molecule has 0 bridgehead atoms. The zero-order valence-electron chi connectivity index (χ0n) is 7.16. The summed E-state index contributed by atoms with van der Waals surface area (Å²) in [4.78, 5) is 11.3. The van der Waals surface area contributed by atoms with E-state index >= 15 is 0 Å². The standard InChI is InChI=1S/C9H11N3O/c10-7-3-1-2-4-8(7)12-9(13)5-6-11-12/h1-4,11H,5-6,10H2. The van der Waals surface area contributed by atoms with Gasteiger partial charge in [-0.2, -0.15) is 0 Å². The Kier molecular flexibility index (Phi) is 1.90. The van der Waals surface area contributed by atoms with Crippen LogP contribution in [0.3, 0.4) is 0 Å². The van der Waals surface area contributed by atoms with Crippen molar-refractivity contribution < 1.29 is 4.79 Å². The Morgan fingerprint density at radius 3 is 2.77 bits per heavy atom. The molecular weight excluding hydrogens is 166 g/mol. The van der Waals surface area contributed by atoms with Crippen LogP contribution in [0.15, 0.2) is 24.3 Å². The number of nitrogens with two attached hydrogens (primary N) is 1. The molecule has 13 heavy (non-hydrogen) atoms. The first-order valence-electron chi connectivity index (χ1n) is 4.20. The molecule has 1 aromatic carbocycles. The second-order valence-corrected chi connectivity index (χ2v) is 2.95. The normalized spacial score (nSPS) is 16.6.